The summed E-state index contributed by atoms with van der Waals surface area (Å²) in [5.41, 5.74) is 4.42. The summed E-state index contributed by atoms with van der Waals surface area (Å²) in [6.45, 7) is 7.82. The second-order valence-corrected chi connectivity index (χ2v) is 7.59. The van der Waals surface area contributed by atoms with Crippen molar-refractivity contribution < 1.29 is 4.79 Å². The van der Waals surface area contributed by atoms with Crippen molar-refractivity contribution in [3.63, 3.8) is 0 Å². The fourth-order valence-corrected chi connectivity index (χ4v) is 3.49. The number of hydrogen-bond acceptors (Lipinski definition) is 5. The SMILES string of the molecule is Cc1cc(C)c(CNC(=O)c2cc(-c3cn[nH]c3)nc3c2cnn3C(C)C)c(=O)[nH]1. The summed E-state index contributed by atoms with van der Waals surface area (Å²) >= 11 is 0. The van der Waals surface area contributed by atoms with E-state index in [0.29, 0.717) is 27.9 Å². The van der Waals surface area contributed by atoms with Crippen LogP contribution in [-0.4, -0.2) is 35.9 Å². The van der Waals surface area contributed by atoms with Gasteiger partial charge < -0.3 is 10.3 Å². The lowest BCUT2D eigenvalue weighted by Crippen LogP contribution is -2.28. The maximum atomic E-state index is 13.1. The Hall–Kier alpha value is -3.75. The highest BCUT2D eigenvalue weighted by Crippen LogP contribution is 2.26. The first kappa shape index (κ1) is 19.6. The summed E-state index contributed by atoms with van der Waals surface area (Å²) in [5.74, 6) is -0.296. The Morgan fingerprint density at radius 3 is 2.70 bits per heavy atom. The number of nitrogens with zero attached hydrogens (tertiary/aromatic N) is 4. The zero-order valence-electron chi connectivity index (χ0n) is 17.3. The Labute approximate surface area is 172 Å². The Bertz CT molecular complexity index is 1280. The van der Waals surface area contributed by atoms with Crippen molar-refractivity contribution in [3.05, 3.63) is 63.5 Å². The third-order valence-corrected chi connectivity index (χ3v) is 5.01. The first-order valence-electron chi connectivity index (χ1n) is 9.70. The molecule has 154 valence electrons. The first-order chi connectivity index (χ1) is 14.3. The minimum atomic E-state index is -0.296. The molecule has 3 N–H and O–H groups in total. The lowest BCUT2D eigenvalue weighted by Gasteiger charge is -2.11. The number of nitrogens with one attached hydrogen (secondary N) is 3. The highest BCUT2D eigenvalue weighted by molar-refractivity contribution is 6.06. The number of H-pyrrole nitrogens is 2. The molecule has 0 spiro atoms. The number of carbonyl (C=O) groups is 1. The second kappa shape index (κ2) is 7.58. The molecule has 4 heterocycles. The fraction of sp³-hybridized carbons (Fsp3) is 0.286. The summed E-state index contributed by atoms with van der Waals surface area (Å²) in [7, 11) is 0. The highest BCUT2D eigenvalue weighted by atomic mass is 16.1. The second-order valence-electron chi connectivity index (χ2n) is 7.59. The molecule has 0 aliphatic heterocycles. The number of aryl methyl sites for hydroxylation is 2. The van der Waals surface area contributed by atoms with E-state index in [0.717, 1.165) is 16.8 Å². The van der Waals surface area contributed by atoms with Crippen LogP contribution in [0.5, 0.6) is 0 Å². The van der Waals surface area contributed by atoms with Crippen LogP contribution in [0.1, 0.15) is 47.1 Å². The van der Waals surface area contributed by atoms with Gasteiger partial charge >= 0.3 is 0 Å². The maximum Gasteiger partial charge on any atom is 0.253 e. The molecule has 4 rings (SSSR count). The molecule has 0 atom stereocenters. The Morgan fingerprint density at radius 2 is 2.03 bits per heavy atom. The van der Waals surface area contributed by atoms with Crippen LogP contribution in [0.4, 0.5) is 0 Å². The standard InChI is InChI=1S/C21H23N7O2/c1-11(2)28-19-17(10-25-28)15(6-18(27-19)14-7-23-24-8-14)20(29)22-9-16-12(3)5-13(4)26-21(16)30/h5-8,10-11H,9H2,1-4H3,(H,22,29)(H,23,24)(H,26,30). The van der Waals surface area contributed by atoms with E-state index in [1.54, 1.807) is 29.3 Å². The molecule has 4 aromatic rings. The van der Waals surface area contributed by atoms with Gasteiger partial charge in [-0.15, -0.1) is 0 Å². The highest BCUT2D eigenvalue weighted by Gasteiger charge is 2.19. The van der Waals surface area contributed by atoms with E-state index < -0.39 is 0 Å². The molecule has 0 fully saturated rings. The topological polar surface area (TPSA) is 121 Å². The smallest absolute Gasteiger partial charge is 0.253 e. The Kier molecular flexibility index (Phi) is 4.94. The largest absolute Gasteiger partial charge is 0.348 e. The molecule has 30 heavy (non-hydrogen) atoms. The number of aromatic amines is 2. The quantitative estimate of drug-likeness (QED) is 0.471. The first-order valence-corrected chi connectivity index (χ1v) is 9.70. The maximum absolute atomic E-state index is 13.1. The van der Waals surface area contributed by atoms with Gasteiger partial charge in [0, 0.05) is 35.6 Å². The van der Waals surface area contributed by atoms with Crippen molar-refractivity contribution >= 4 is 16.9 Å². The predicted molar refractivity (Wildman–Crippen MR) is 113 cm³/mol. The van der Waals surface area contributed by atoms with Crippen molar-refractivity contribution in [2.24, 2.45) is 0 Å². The van der Waals surface area contributed by atoms with Crippen LogP contribution in [0.3, 0.4) is 0 Å². The summed E-state index contributed by atoms with van der Waals surface area (Å²) in [4.78, 5) is 32.9. The minimum absolute atomic E-state index is 0.0827. The number of aromatic nitrogens is 6. The van der Waals surface area contributed by atoms with Gasteiger partial charge in [-0.2, -0.15) is 10.2 Å². The van der Waals surface area contributed by atoms with E-state index in [-0.39, 0.29) is 24.1 Å². The summed E-state index contributed by atoms with van der Waals surface area (Å²) in [6, 6.07) is 3.69. The van der Waals surface area contributed by atoms with E-state index in [9.17, 15) is 9.59 Å². The van der Waals surface area contributed by atoms with Crippen LogP contribution in [-0.2, 0) is 6.54 Å². The van der Waals surface area contributed by atoms with Crippen molar-refractivity contribution in [1.29, 1.82) is 0 Å². The number of fused-ring (bicyclic) bond motifs is 1. The van der Waals surface area contributed by atoms with E-state index in [1.807, 2.05) is 33.8 Å². The molecule has 4 aromatic heterocycles. The van der Waals surface area contributed by atoms with Gasteiger partial charge in [0.2, 0.25) is 0 Å². The molecular weight excluding hydrogens is 382 g/mol. The lowest BCUT2D eigenvalue weighted by atomic mass is 10.1. The Balaban J connectivity index is 1.74. The number of pyridine rings is 2. The number of amides is 1. The number of hydrogen-bond donors (Lipinski definition) is 3. The predicted octanol–water partition coefficient (Wildman–Crippen LogP) is 2.64. The van der Waals surface area contributed by atoms with Crippen LogP contribution in [0, 0.1) is 13.8 Å². The average Bonchev–Trinajstić information content (AvgIpc) is 3.35. The molecule has 0 radical (unpaired) electrons. The normalized spacial score (nSPS) is 11.4. The molecule has 0 bridgehead atoms. The van der Waals surface area contributed by atoms with Crippen LogP contribution >= 0.6 is 0 Å². The number of rotatable bonds is 5. The van der Waals surface area contributed by atoms with Gasteiger partial charge in [0.1, 0.15) is 0 Å². The molecule has 0 saturated heterocycles. The van der Waals surface area contributed by atoms with Gasteiger partial charge in [-0.3, -0.25) is 14.7 Å². The Morgan fingerprint density at radius 1 is 1.23 bits per heavy atom. The van der Waals surface area contributed by atoms with Crippen LogP contribution in [0.2, 0.25) is 0 Å². The molecular formula is C21H23N7O2. The van der Waals surface area contributed by atoms with Crippen molar-refractivity contribution in [2.45, 2.75) is 40.3 Å². The van der Waals surface area contributed by atoms with E-state index in [4.69, 9.17) is 4.98 Å². The van der Waals surface area contributed by atoms with Gasteiger partial charge in [-0.25, -0.2) is 9.67 Å². The van der Waals surface area contributed by atoms with Gasteiger partial charge in [0.05, 0.1) is 29.0 Å². The lowest BCUT2D eigenvalue weighted by molar-refractivity contribution is 0.0952. The van der Waals surface area contributed by atoms with Crippen LogP contribution in [0.15, 0.2) is 35.5 Å². The third-order valence-electron chi connectivity index (χ3n) is 5.01. The summed E-state index contributed by atoms with van der Waals surface area (Å²) in [5, 5.41) is 14.7. The fourth-order valence-electron chi connectivity index (χ4n) is 3.49. The molecule has 0 aliphatic rings. The van der Waals surface area contributed by atoms with E-state index in [1.165, 1.54) is 0 Å². The minimum Gasteiger partial charge on any atom is -0.348 e. The summed E-state index contributed by atoms with van der Waals surface area (Å²) < 4.78 is 1.78. The van der Waals surface area contributed by atoms with E-state index in [2.05, 4.69) is 25.6 Å². The van der Waals surface area contributed by atoms with Gasteiger partial charge in [0.25, 0.3) is 11.5 Å². The van der Waals surface area contributed by atoms with Gasteiger partial charge in [-0.1, -0.05) is 0 Å². The van der Waals surface area contributed by atoms with Crippen LogP contribution in [0.25, 0.3) is 22.3 Å². The summed E-state index contributed by atoms with van der Waals surface area (Å²) in [6.07, 6.45) is 5.03. The molecule has 0 aromatic carbocycles. The average molecular weight is 405 g/mol. The van der Waals surface area contributed by atoms with Gasteiger partial charge in [0.15, 0.2) is 5.65 Å². The van der Waals surface area contributed by atoms with Crippen molar-refractivity contribution in [1.82, 2.24) is 35.3 Å². The van der Waals surface area contributed by atoms with Crippen LogP contribution < -0.4 is 10.9 Å². The monoisotopic (exact) mass is 405 g/mol. The molecule has 9 nitrogen and oxygen atoms in total. The third kappa shape index (κ3) is 3.49. The molecule has 0 unspecified atom stereocenters. The van der Waals surface area contributed by atoms with Crippen molar-refractivity contribution in [3.8, 4) is 11.3 Å². The number of carbonyl (C=O) groups excluding carboxylic acids is 1. The molecule has 0 aliphatic carbocycles. The molecule has 0 saturated carbocycles. The van der Waals surface area contributed by atoms with E-state index >= 15 is 0 Å². The van der Waals surface area contributed by atoms with Crippen molar-refractivity contribution in [2.75, 3.05) is 0 Å². The molecule has 1 amide bonds. The zero-order chi connectivity index (χ0) is 21.4. The molecule has 9 heteroatoms. The zero-order valence-corrected chi connectivity index (χ0v) is 17.3. The van der Waals surface area contributed by atoms with Gasteiger partial charge in [-0.05, 0) is 45.4 Å².